The van der Waals surface area contributed by atoms with Crippen LogP contribution in [0.1, 0.15) is 66.7 Å². The fourth-order valence-corrected chi connectivity index (χ4v) is 3.88. The van der Waals surface area contributed by atoms with E-state index in [0.29, 0.717) is 5.41 Å². The molecule has 0 aromatic rings. The van der Waals surface area contributed by atoms with Crippen LogP contribution in [0.3, 0.4) is 0 Å². The van der Waals surface area contributed by atoms with Gasteiger partial charge in [0.2, 0.25) is 0 Å². The molecule has 1 aliphatic rings. The second-order valence-corrected chi connectivity index (χ2v) is 4.91. The Bertz CT molecular complexity index is 316. The van der Waals surface area contributed by atoms with Crippen molar-refractivity contribution < 1.29 is 0 Å². The zero-order valence-electron chi connectivity index (χ0n) is 12.0. The standard InChI is InChI=1S/C15H25.Li/c1-6-12-11-15(9-4,10-5)14(8-3)13(12)7-2;/h6-10H2,1-5H3;. The molecule has 0 amide bonds. The first kappa shape index (κ1) is 14.1. The van der Waals surface area contributed by atoms with Gasteiger partial charge >= 0.3 is 111 Å². The molecule has 0 N–H and O–H groups in total. The predicted molar refractivity (Wildman–Crippen MR) is 73.7 cm³/mol. The fraction of sp³-hybridized carbons (Fsp3) is 0.733. The van der Waals surface area contributed by atoms with Crippen LogP contribution in [0.4, 0.5) is 0 Å². The van der Waals surface area contributed by atoms with E-state index in [1.54, 1.807) is 21.0 Å². The normalized spacial score (nSPS) is 19.9. The molecule has 0 aromatic heterocycles. The van der Waals surface area contributed by atoms with Gasteiger partial charge in [-0.15, -0.1) is 0 Å². The molecule has 0 saturated heterocycles. The van der Waals surface area contributed by atoms with Crippen molar-refractivity contribution in [3.8, 4) is 0 Å². The van der Waals surface area contributed by atoms with Crippen molar-refractivity contribution in [1.29, 1.82) is 0 Å². The van der Waals surface area contributed by atoms with E-state index in [0.717, 1.165) is 0 Å². The maximum absolute atomic E-state index is 2.38. The van der Waals surface area contributed by atoms with Crippen LogP contribution in [0.15, 0.2) is 21.0 Å². The molecule has 0 fully saturated rings. The second kappa shape index (κ2) is 5.61. The van der Waals surface area contributed by atoms with E-state index >= 15 is 0 Å². The number of rotatable bonds is 5. The molecular formula is C15H25Li. The minimum atomic E-state index is 0.408. The van der Waals surface area contributed by atoms with Crippen LogP contribution in [0.25, 0.3) is 0 Å². The van der Waals surface area contributed by atoms with Gasteiger partial charge in [-0.3, -0.25) is 0 Å². The van der Waals surface area contributed by atoms with Gasteiger partial charge < -0.3 is 0 Å². The first-order valence-electron chi connectivity index (χ1n) is 7.05. The quantitative estimate of drug-likeness (QED) is 0.576. The van der Waals surface area contributed by atoms with E-state index in [4.69, 9.17) is 0 Å². The molecule has 1 rings (SSSR count). The average Bonchev–Trinajstić information content (AvgIpc) is 2.56. The van der Waals surface area contributed by atoms with Crippen molar-refractivity contribution in [2.24, 2.45) is 5.41 Å². The molecule has 0 unspecified atom stereocenters. The number of allylic oxidation sites excluding steroid dienone is 4. The van der Waals surface area contributed by atoms with Gasteiger partial charge in [0.15, 0.2) is 0 Å². The molecule has 1 aliphatic carbocycles. The number of hydrogen-bond donors (Lipinski definition) is 0. The molecule has 16 heavy (non-hydrogen) atoms. The van der Waals surface area contributed by atoms with Crippen molar-refractivity contribution in [1.82, 2.24) is 0 Å². The van der Waals surface area contributed by atoms with Gasteiger partial charge in [-0.2, -0.15) is 0 Å². The van der Waals surface area contributed by atoms with Crippen LogP contribution in [0.2, 0.25) is 0 Å². The third kappa shape index (κ3) is 1.85. The summed E-state index contributed by atoms with van der Waals surface area (Å²) in [5, 5.41) is 0. The molecule has 0 aliphatic heterocycles. The van der Waals surface area contributed by atoms with E-state index in [1.807, 2.05) is 0 Å². The summed E-state index contributed by atoms with van der Waals surface area (Å²) in [5.41, 5.74) is 5.51. The molecule has 0 nitrogen and oxygen atoms in total. The topological polar surface area (TPSA) is 0 Å². The van der Waals surface area contributed by atoms with Gasteiger partial charge in [0.05, 0.1) is 0 Å². The van der Waals surface area contributed by atoms with E-state index in [9.17, 15) is 0 Å². The predicted octanol–water partition coefficient (Wildman–Crippen LogP) is 4.76. The van der Waals surface area contributed by atoms with Gasteiger partial charge in [0, 0.05) is 0 Å². The van der Waals surface area contributed by atoms with Crippen LogP contribution in [-0.4, -0.2) is 17.7 Å². The van der Waals surface area contributed by atoms with E-state index in [1.165, 1.54) is 32.1 Å². The monoisotopic (exact) mass is 212 g/mol. The van der Waals surface area contributed by atoms with Gasteiger partial charge in [0.25, 0.3) is 0 Å². The molecule has 0 saturated carbocycles. The molecule has 0 radical (unpaired) electrons. The summed E-state index contributed by atoms with van der Waals surface area (Å²) in [6.45, 7) is 11.7. The van der Waals surface area contributed by atoms with Gasteiger partial charge in [-0.1, -0.05) is 0 Å². The van der Waals surface area contributed by atoms with E-state index in [2.05, 4.69) is 52.3 Å². The number of hydrogen-bond acceptors (Lipinski definition) is 0. The summed E-state index contributed by atoms with van der Waals surface area (Å²) < 4.78 is 1.67. The summed E-state index contributed by atoms with van der Waals surface area (Å²) >= 11 is 2.38. The molecule has 86 valence electrons. The van der Waals surface area contributed by atoms with Crippen LogP contribution in [0.5, 0.6) is 0 Å². The fourth-order valence-electron chi connectivity index (χ4n) is 3.88. The van der Waals surface area contributed by atoms with Crippen LogP contribution < -0.4 is 0 Å². The van der Waals surface area contributed by atoms with E-state index in [-0.39, 0.29) is 0 Å². The van der Waals surface area contributed by atoms with Crippen molar-refractivity contribution in [2.45, 2.75) is 66.7 Å². The molecule has 0 aromatic carbocycles. The molecule has 0 spiro atoms. The summed E-state index contributed by atoms with van der Waals surface area (Å²) in [6, 6.07) is 0. The average molecular weight is 212 g/mol. The Hall–Kier alpha value is 0.0774. The summed E-state index contributed by atoms with van der Waals surface area (Å²) in [7, 11) is 0. The zero-order valence-corrected chi connectivity index (χ0v) is 12.0. The Kier molecular flexibility index (Phi) is 4.96. The van der Waals surface area contributed by atoms with Crippen LogP contribution >= 0.6 is 0 Å². The molecular weight excluding hydrogens is 187 g/mol. The maximum atomic E-state index is 2.38. The Labute approximate surface area is 111 Å². The minimum absolute atomic E-state index is 0.408. The second-order valence-electron chi connectivity index (χ2n) is 4.91. The summed E-state index contributed by atoms with van der Waals surface area (Å²) in [5.74, 6) is 0. The molecule has 0 heterocycles. The SMILES string of the molecule is [Li][C]1=C(CC)C(CC)=C(CC)C1(CC)CC. The molecule has 0 atom stereocenters. The zero-order chi connectivity index (χ0) is 12.3. The van der Waals surface area contributed by atoms with Crippen molar-refractivity contribution in [2.75, 3.05) is 0 Å². The van der Waals surface area contributed by atoms with Gasteiger partial charge in [0.1, 0.15) is 0 Å². The van der Waals surface area contributed by atoms with Crippen molar-refractivity contribution >= 4 is 17.7 Å². The van der Waals surface area contributed by atoms with Gasteiger partial charge in [-0.05, 0) is 0 Å². The third-order valence-electron chi connectivity index (χ3n) is 4.74. The first-order chi connectivity index (χ1) is 7.62. The summed E-state index contributed by atoms with van der Waals surface area (Å²) in [6.07, 6.45) is 6.19. The van der Waals surface area contributed by atoms with E-state index < -0.39 is 0 Å². The van der Waals surface area contributed by atoms with Gasteiger partial charge in [-0.25, -0.2) is 0 Å². The third-order valence-corrected chi connectivity index (χ3v) is 4.74. The summed E-state index contributed by atoms with van der Waals surface area (Å²) in [4.78, 5) is 0. The van der Waals surface area contributed by atoms with Crippen molar-refractivity contribution in [3.63, 3.8) is 0 Å². The van der Waals surface area contributed by atoms with Crippen LogP contribution in [0, 0.1) is 5.41 Å². The Morgan fingerprint density at radius 2 is 1.31 bits per heavy atom. The first-order valence-corrected chi connectivity index (χ1v) is 7.05. The Morgan fingerprint density at radius 3 is 1.62 bits per heavy atom. The molecule has 1 heteroatoms. The van der Waals surface area contributed by atoms with Crippen LogP contribution in [-0.2, 0) is 0 Å². The Morgan fingerprint density at radius 1 is 0.812 bits per heavy atom. The molecule has 0 bridgehead atoms. The van der Waals surface area contributed by atoms with Crippen molar-refractivity contribution in [3.05, 3.63) is 21.0 Å². The Balaban J connectivity index is 3.39.